The number of nitrogens with zero attached hydrogens (tertiary/aromatic N) is 5. The van der Waals surface area contributed by atoms with Crippen molar-refractivity contribution in [3.63, 3.8) is 0 Å². The minimum absolute atomic E-state index is 0.843. The van der Waals surface area contributed by atoms with Crippen molar-refractivity contribution in [3.8, 4) is 0 Å². The number of nitrogens with one attached hydrogen (secondary N) is 1. The van der Waals surface area contributed by atoms with Gasteiger partial charge in [-0.25, -0.2) is 15.0 Å². The first-order valence-corrected chi connectivity index (χ1v) is 8.70. The number of rotatable bonds is 6. The highest BCUT2D eigenvalue weighted by molar-refractivity contribution is 9.10. The molecular weight excluding hydrogens is 356 g/mol. The third kappa shape index (κ3) is 4.87. The van der Waals surface area contributed by atoms with Gasteiger partial charge in [-0.15, -0.1) is 0 Å². The largest absolute Gasteiger partial charge is 0.370 e. The van der Waals surface area contributed by atoms with Gasteiger partial charge >= 0.3 is 0 Å². The molecule has 3 heterocycles. The van der Waals surface area contributed by atoms with Gasteiger partial charge in [0.05, 0.1) is 0 Å². The number of pyridine rings is 1. The highest BCUT2D eigenvalue weighted by atomic mass is 79.9. The first-order valence-electron chi connectivity index (χ1n) is 7.91. The number of hydrogen-bond donors (Lipinski definition) is 1. The van der Waals surface area contributed by atoms with E-state index in [1.807, 2.05) is 24.4 Å². The normalized spacial score (nSPS) is 15.6. The monoisotopic (exact) mass is 376 g/mol. The van der Waals surface area contributed by atoms with Gasteiger partial charge in [0.1, 0.15) is 5.82 Å². The molecule has 1 aliphatic rings. The summed E-state index contributed by atoms with van der Waals surface area (Å²) in [6.45, 7) is 6.16. The molecule has 0 spiro atoms. The molecule has 0 atom stereocenters. The average Bonchev–Trinajstić information content (AvgIpc) is 2.62. The van der Waals surface area contributed by atoms with Crippen LogP contribution in [0.3, 0.4) is 0 Å². The van der Waals surface area contributed by atoms with Gasteiger partial charge in [0, 0.05) is 55.8 Å². The smallest absolute Gasteiger partial charge is 0.225 e. The third-order valence-electron chi connectivity index (χ3n) is 3.89. The van der Waals surface area contributed by atoms with Crippen LogP contribution >= 0.6 is 15.9 Å². The zero-order valence-corrected chi connectivity index (χ0v) is 14.6. The second-order valence-corrected chi connectivity index (χ2v) is 6.44. The lowest BCUT2D eigenvalue weighted by molar-refractivity contribution is 0.256. The van der Waals surface area contributed by atoms with Crippen LogP contribution < -0.4 is 10.2 Å². The Hall–Kier alpha value is -1.73. The molecule has 6 nitrogen and oxygen atoms in total. The van der Waals surface area contributed by atoms with Gasteiger partial charge in [-0.05, 0) is 47.1 Å². The van der Waals surface area contributed by atoms with Gasteiger partial charge in [-0.2, -0.15) is 0 Å². The van der Waals surface area contributed by atoms with Crippen LogP contribution in [0, 0.1) is 0 Å². The van der Waals surface area contributed by atoms with Crippen LogP contribution in [-0.2, 0) is 0 Å². The van der Waals surface area contributed by atoms with E-state index < -0.39 is 0 Å². The number of anilines is 2. The molecular formula is C16H21BrN6. The topological polar surface area (TPSA) is 57.2 Å². The van der Waals surface area contributed by atoms with Crippen molar-refractivity contribution in [2.45, 2.75) is 6.42 Å². The fourth-order valence-electron chi connectivity index (χ4n) is 2.63. The molecule has 0 amide bonds. The number of halogens is 1. The number of piperazine rings is 1. The van der Waals surface area contributed by atoms with E-state index in [2.05, 4.69) is 46.0 Å². The van der Waals surface area contributed by atoms with Gasteiger partial charge in [-0.1, -0.05) is 0 Å². The summed E-state index contributed by atoms with van der Waals surface area (Å²) in [6.07, 6.45) is 6.53. The second kappa shape index (κ2) is 8.21. The van der Waals surface area contributed by atoms with Crippen LogP contribution in [0.15, 0.2) is 41.3 Å². The Balaban J connectivity index is 1.34. The van der Waals surface area contributed by atoms with Gasteiger partial charge < -0.3 is 10.2 Å². The maximum atomic E-state index is 4.32. The fourth-order valence-corrected chi connectivity index (χ4v) is 2.86. The first kappa shape index (κ1) is 16.1. The molecule has 0 radical (unpaired) electrons. The Labute approximate surface area is 145 Å². The molecule has 0 saturated carbocycles. The SMILES string of the molecule is Brc1ccc(NCCCN2CCN(c3ncccn3)CC2)nc1. The van der Waals surface area contributed by atoms with Crippen LogP contribution in [0.4, 0.5) is 11.8 Å². The Bertz CT molecular complexity index is 583. The molecule has 3 rings (SSSR count). The summed E-state index contributed by atoms with van der Waals surface area (Å²) >= 11 is 3.39. The van der Waals surface area contributed by atoms with Crippen molar-refractivity contribution >= 4 is 27.7 Å². The Morgan fingerprint density at radius 3 is 2.52 bits per heavy atom. The summed E-state index contributed by atoms with van der Waals surface area (Å²) < 4.78 is 1.00. The van der Waals surface area contributed by atoms with Crippen LogP contribution in [0.2, 0.25) is 0 Å². The highest BCUT2D eigenvalue weighted by Crippen LogP contribution is 2.11. The van der Waals surface area contributed by atoms with Crippen molar-refractivity contribution < 1.29 is 0 Å². The summed E-state index contributed by atoms with van der Waals surface area (Å²) in [5, 5.41) is 3.36. The van der Waals surface area contributed by atoms with E-state index in [1.165, 1.54) is 0 Å². The quantitative estimate of drug-likeness (QED) is 0.780. The van der Waals surface area contributed by atoms with E-state index in [0.29, 0.717) is 0 Å². The molecule has 122 valence electrons. The fraction of sp³-hybridized carbons (Fsp3) is 0.438. The maximum Gasteiger partial charge on any atom is 0.225 e. The minimum atomic E-state index is 0.843. The lowest BCUT2D eigenvalue weighted by Gasteiger charge is -2.34. The first-order chi connectivity index (χ1) is 11.3. The summed E-state index contributed by atoms with van der Waals surface area (Å²) in [6, 6.07) is 5.84. The molecule has 1 fully saturated rings. The van der Waals surface area contributed by atoms with Crippen molar-refractivity contribution in [1.29, 1.82) is 0 Å². The summed E-state index contributed by atoms with van der Waals surface area (Å²) in [7, 11) is 0. The predicted molar refractivity (Wildman–Crippen MR) is 95.7 cm³/mol. The Morgan fingerprint density at radius 2 is 1.83 bits per heavy atom. The molecule has 1 saturated heterocycles. The van der Waals surface area contributed by atoms with E-state index in [9.17, 15) is 0 Å². The van der Waals surface area contributed by atoms with Crippen LogP contribution in [0.1, 0.15) is 6.42 Å². The highest BCUT2D eigenvalue weighted by Gasteiger charge is 2.17. The van der Waals surface area contributed by atoms with E-state index >= 15 is 0 Å². The third-order valence-corrected chi connectivity index (χ3v) is 4.36. The molecule has 2 aromatic rings. The van der Waals surface area contributed by atoms with E-state index in [0.717, 1.165) is 61.9 Å². The number of aromatic nitrogens is 3. The van der Waals surface area contributed by atoms with Gasteiger partial charge in [-0.3, -0.25) is 4.90 Å². The van der Waals surface area contributed by atoms with E-state index in [4.69, 9.17) is 0 Å². The molecule has 0 aromatic carbocycles. The van der Waals surface area contributed by atoms with Gasteiger partial charge in [0.25, 0.3) is 0 Å². The van der Waals surface area contributed by atoms with E-state index in [-0.39, 0.29) is 0 Å². The van der Waals surface area contributed by atoms with Crippen molar-refractivity contribution in [2.75, 3.05) is 49.5 Å². The van der Waals surface area contributed by atoms with Gasteiger partial charge in [0.15, 0.2) is 0 Å². The zero-order chi connectivity index (χ0) is 15.9. The van der Waals surface area contributed by atoms with Crippen LogP contribution in [-0.4, -0.2) is 59.1 Å². The molecule has 23 heavy (non-hydrogen) atoms. The molecule has 2 aromatic heterocycles. The van der Waals surface area contributed by atoms with Crippen molar-refractivity contribution in [1.82, 2.24) is 19.9 Å². The molecule has 0 aliphatic carbocycles. The Morgan fingerprint density at radius 1 is 1.04 bits per heavy atom. The van der Waals surface area contributed by atoms with Crippen LogP contribution in [0.25, 0.3) is 0 Å². The van der Waals surface area contributed by atoms with Crippen LogP contribution in [0.5, 0.6) is 0 Å². The standard InChI is InChI=1S/C16H21BrN6/c17-14-3-4-15(21-13-14)18-7-2-8-22-9-11-23(12-10-22)16-19-5-1-6-20-16/h1,3-6,13H,2,7-12H2,(H,18,21). The number of hydrogen-bond acceptors (Lipinski definition) is 6. The lowest BCUT2D eigenvalue weighted by Crippen LogP contribution is -2.47. The zero-order valence-electron chi connectivity index (χ0n) is 13.0. The summed E-state index contributed by atoms with van der Waals surface area (Å²) in [5.41, 5.74) is 0. The minimum Gasteiger partial charge on any atom is -0.370 e. The van der Waals surface area contributed by atoms with Crippen molar-refractivity contribution in [2.24, 2.45) is 0 Å². The van der Waals surface area contributed by atoms with E-state index in [1.54, 1.807) is 12.4 Å². The summed E-state index contributed by atoms with van der Waals surface area (Å²) in [5.74, 6) is 1.77. The summed E-state index contributed by atoms with van der Waals surface area (Å²) in [4.78, 5) is 17.7. The Kier molecular flexibility index (Phi) is 5.76. The molecule has 1 N–H and O–H groups in total. The molecule has 0 unspecified atom stereocenters. The lowest BCUT2D eigenvalue weighted by atomic mass is 10.3. The van der Waals surface area contributed by atoms with Crippen molar-refractivity contribution in [3.05, 3.63) is 41.3 Å². The predicted octanol–water partition coefficient (Wildman–Crippen LogP) is 2.26. The molecule has 0 bridgehead atoms. The maximum absolute atomic E-state index is 4.32. The molecule has 1 aliphatic heterocycles. The van der Waals surface area contributed by atoms with Gasteiger partial charge in [0.2, 0.25) is 5.95 Å². The second-order valence-electron chi connectivity index (χ2n) is 5.52. The molecule has 7 heteroatoms. The average molecular weight is 377 g/mol.